The van der Waals surface area contributed by atoms with Gasteiger partial charge in [-0.25, -0.2) is 4.98 Å². The largest absolute Gasteiger partial charge is 0.357 e. The molecule has 140 valence electrons. The van der Waals surface area contributed by atoms with Crippen LogP contribution in [0.15, 0.2) is 24.4 Å². The first kappa shape index (κ1) is 18.7. The minimum absolute atomic E-state index is 1.13. The lowest BCUT2D eigenvalue weighted by Gasteiger charge is -2.30. The summed E-state index contributed by atoms with van der Waals surface area (Å²) in [6.07, 6.45) is 12.8. The number of pyridine rings is 1. The predicted molar refractivity (Wildman–Crippen MR) is 106 cm³/mol. The van der Waals surface area contributed by atoms with Gasteiger partial charge in [0.05, 0.1) is 0 Å². The minimum Gasteiger partial charge on any atom is -0.357 e. The second-order valence-electron chi connectivity index (χ2n) is 7.69. The molecule has 3 rings (SSSR count). The van der Waals surface area contributed by atoms with E-state index in [2.05, 4.69) is 31.8 Å². The fourth-order valence-electron chi connectivity index (χ4n) is 4.22. The van der Waals surface area contributed by atoms with Crippen LogP contribution in [0, 0.1) is 0 Å². The van der Waals surface area contributed by atoms with Gasteiger partial charge in [0.1, 0.15) is 5.82 Å². The maximum Gasteiger partial charge on any atom is 0.128 e. The van der Waals surface area contributed by atoms with Crippen LogP contribution >= 0.6 is 0 Å². The molecule has 0 radical (unpaired) electrons. The molecule has 0 amide bonds. The number of anilines is 1. The van der Waals surface area contributed by atoms with E-state index in [1.165, 1.54) is 90.6 Å². The van der Waals surface area contributed by atoms with Crippen LogP contribution in [0.4, 0.5) is 5.82 Å². The molecule has 0 bridgehead atoms. The van der Waals surface area contributed by atoms with Gasteiger partial charge in [-0.3, -0.25) is 0 Å². The summed E-state index contributed by atoms with van der Waals surface area (Å²) in [6, 6.07) is 6.30. The van der Waals surface area contributed by atoms with Crippen LogP contribution in [0.25, 0.3) is 0 Å². The van der Waals surface area contributed by atoms with Crippen LogP contribution in [0.1, 0.15) is 51.4 Å². The van der Waals surface area contributed by atoms with Crippen molar-refractivity contribution in [2.24, 2.45) is 0 Å². The Balaban J connectivity index is 1.43. The van der Waals surface area contributed by atoms with Crippen molar-refractivity contribution in [3.05, 3.63) is 24.4 Å². The van der Waals surface area contributed by atoms with Crippen LogP contribution in [-0.4, -0.2) is 67.1 Å². The highest BCUT2D eigenvalue weighted by Gasteiger charge is 2.13. The van der Waals surface area contributed by atoms with Crippen LogP contribution in [0.2, 0.25) is 0 Å². The predicted octanol–water partition coefficient (Wildman–Crippen LogP) is 3.64. The quantitative estimate of drug-likeness (QED) is 0.682. The van der Waals surface area contributed by atoms with Gasteiger partial charge in [0.2, 0.25) is 0 Å². The van der Waals surface area contributed by atoms with E-state index in [0.717, 1.165) is 18.9 Å². The molecule has 1 aromatic heterocycles. The van der Waals surface area contributed by atoms with Gasteiger partial charge in [-0.05, 0) is 89.9 Å². The number of hydrogen-bond donors (Lipinski definition) is 0. The molecule has 2 fully saturated rings. The molecule has 0 spiro atoms. The van der Waals surface area contributed by atoms with Crippen molar-refractivity contribution in [1.82, 2.24) is 14.8 Å². The molecule has 2 aliphatic rings. The second kappa shape index (κ2) is 10.8. The molecule has 0 aromatic carbocycles. The normalized spacial score (nSPS) is 19.8. The molecular weight excluding hydrogens is 308 g/mol. The van der Waals surface area contributed by atoms with Gasteiger partial charge in [0, 0.05) is 19.3 Å². The maximum absolute atomic E-state index is 4.61. The topological polar surface area (TPSA) is 22.6 Å². The first-order chi connectivity index (χ1) is 12.4. The van der Waals surface area contributed by atoms with E-state index < -0.39 is 0 Å². The Labute approximate surface area is 154 Å². The van der Waals surface area contributed by atoms with Gasteiger partial charge in [-0.2, -0.15) is 0 Å². The number of rotatable bonds is 9. The number of aromatic nitrogens is 1. The Morgan fingerprint density at radius 2 is 1.32 bits per heavy atom. The van der Waals surface area contributed by atoms with Gasteiger partial charge in [0.25, 0.3) is 0 Å². The molecule has 3 heterocycles. The molecule has 0 saturated carbocycles. The van der Waals surface area contributed by atoms with Crippen LogP contribution < -0.4 is 4.90 Å². The van der Waals surface area contributed by atoms with Crippen molar-refractivity contribution in [1.29, 1.82) is 0 Å². The molecule has 4 heteroatoms. The van der Waals surface area contributed by atoms with Crippen molar-refractivity contribution < 1.29 is 0 Å². The Hall–Kier alpha value is -1.13. The molecule has 1 aromatic rings. The lowest BCUT2D eigenvalue weighted by atomic mass is 10.1. The lowest BCUT2D eigenvalue weighted by Crippen LogP contribution is -2.36. The summed E-state index contributed by atoms with van der Waals surface area (Å²) in [4.78, 5) is 12.4. The monoisotopic (exact) mass is 344 g/mol. The fourth-order valence-corrected chi connectivity index (χ4v) is 4.22. The Kier molecular flexibility index (Phi) is 8.04. The average molecular weight is 345 g/mol. The second-order valence-corrected chi connectivity index (χ2v) is 7.69. The average Bonchev–Trinajstić information content (AvgIpc) is 2.69. The number of hydrogen-bond acceptors (Lipinski definition) is 4. The fraction of sp³-hybridized carbons (Fsp3) is 0.762. The summed E-state index contributed by atoms with van der Waals surface area (Å²) in [5, 5.41) is 0. The van der Waals surface area contributed by atoms with Crippen LogP contribution in [0.5, 0.6) is 0 Å². The van der Waals surface area contributed by atoms with E-state index in [4.69, 9.17) is 0 Å². The smallest absolute Gasteiger partial charge is 0.128 e. The third kappa shape index (κ3) is 6.59. The summed E-state index contributed by atoms with van der Waals surface area (Å²) in [7, 11) is 0. The SMILES string of the molecule is c1ccc(N(CCCN2CCCCC2)CCCN2CCCCC2)nc1. The lowest BCUT2D eigenvalue weighted by molar-refractivity contribution is 0.223. The highest BCUT2D eigenvalue weighted by atomic mass is 15.2. The summed E-state index contributed by atoms with van der Waals surface area (Å²) in [6.45, 7) is 9.97. The van der Waals surface area contributed by atoms with Gasteiger partial charge < -0.3 is 14.7 Å². The molecule has 2 aliphatic heterocycles. The van der Waals surface area contributed by atoms with Crippen molar-refractivity contribution in [2.45, 2.75) is 51.4 Å². The van der Waals surface area contributed by atoms with Crippen LogP contribution in [-0.2, 0) is 0 Å². The molecule has 0 aliphatic carbocycles. The summed E-state index contributed by atoms with van der Waals surface area (Å²) < 4.78 is 0. The number of likely N-dealkylation sites (tertiary alicyclic amines) is 2. The molecule has 25 heavy (non-hydrogen) atoms. The van der Waals surface area contributed by atoms with Crippen molar-refractivity contribution >= 4 is 5.82 Å². The van der Waals surface area contributed by atoms with E-state index >= 15 is 0 Å². The Morgan fingerprint density at radius 1 is 0.760 bits per heavy atom. The number of nitrogens with zero attached hydrogens (tertiary/aromatic N) is 4. The van der Waals surface area contributed by atoms with E-state index in [1.54, 1.807) is 0 Å². The van der Waals surface area contributed by atoms with Crippen molar-refractivity contribution in [2.75, 3.05) is 57.3 Å². The zero-order valence-electron chi connectivity index (χ0n) is 15.9. The Bertz CT molecular complexity index is 428. The maximum atomic E-state index is 4.61. The molecule has 0 N–H and O–H groups in total. The highest BCUT2D eigenvalue weighted by molar-refractivity contribution is 5.37. The third-order valence-electron chi connectivity index (χ3n) is 5.68. The standard InChI is InChI=1S/C21H36N4/c1-5-13-23(14-6-1)17-9-19-25(21-11-3-4-12-22-21)20-10-18-24-15-7-2-8-16-24/h3-4,11-12H,1-2,5-10,13-20H2. The first-order valence-electron chi connectivity index (χ1n) is 10.5. The van der Waals surface area contributed by atoms with Crippen LogP contribution in [0.3, 0.4) is 0 Å². The molecule has 0 atom stereocenters. The van der Waals surface area contributed by atoms with E-state index in [1.807, 2.05) is 12.3 Å². The third-order valence-corrected chi connectivity index (χ3v) is 5.68. The Morgan fingerprint density at radius 3 is 1.80 bits per heavy atom. The number of piperidine rings is 2. The summed E-state index contributed by atoms with van der Waals surface area (Å²) >= 11 is 0. The molecule has 0 unspecified atom stereocenters. The van der Waals surface area contributed by atoms with Crippen molar-refractivity contribution in [3.8, 4) is 0 Å². The zero-order valence-corrected chi connectivity index (χ0v) is 15.9. The molecular formula is C21H36N4. The van der Waals surface area contributed by atoms with E-state index in [-0.39, 0.29) is 0 Å². The highest BCUT2D eigenvalue weighted by Crippen LogP contribution is 2.14. The van der Waals surface area contributed by atoms with E-state index in [9.17, 15) is 0 Å². The van der Waals surface area contributed by atoms with Gasteiger partial charge in [-0.1, -0.05) is 18.9 Å². The summed E-state index contributed by atoms with van der Waals surface area (Å²) in [5.74, 6) is 1.15. The minimum atomic E-state index is 1.13. The van der Waals surface area contributed by atoms with E-state index in [0.29, 0.717) is 0 Å². The van der Waals surface area contributed by atoms with Gasteiger partial charge in [0.15, 0.2) is 0 Å². The van der Waals surface area contributed by atoms with Gasteiger partial charge >= 0.3 is 0 Å². The summed E-state index contributed by atoms with van der Waals surface area (Å²) in [5.41, 5.74) is 0. The van der Waals surface area contributed by atoms with Crippen molar-refractivity contribution in [3.63, 3.8) is 0 Å². The zero-order chi connectivity index (χ0) is 17.2. The van der Waals surface area contributed by atoms with Gasteiger partial charge in [-0.15, -0.1) is 0 Å². The first-order valence-corrected chi connectivity index (χ1v) is 10.5. The molecule has 2 saturated heterocycles. The molecule has 4 nitrogen and oxygen atoms in total.